The fourth-order valence-corrected chi connectivity index (χ4v) is 0.996. The minimum absolute atomic E-state index is 0.327. The van der Waals surface area contributed by atoms with Gasteiger partial charge in [0.2, 0.25) is 0 Å². The molecule has 0 saturated carbocycles. The third-order valence-corrected chi connectivity index (χ3v) is 1.69. The highest BCUT2D eigenvalue weighted by Crippen LogP contribution is 2.39. The molecule has 7 heteroatoms. The number of carbonyl (C=O) groups is 1. The second-order valence-electron chi connectivity index (χ2n) is 2.76. The molecule has 1 aromatic carbocycles. The number of benzene rings is 1. The largest absolute Gasteiger partial charge is 0.505 e. The molecule has 1 aromatic rings. The first-order valence-corrected chi connectivity index (χ1v) is 3.66. The van der Waals surface area contributed by atoms with Gasteiger partial charge in [-0.3, -0.25) is 0 Å². The molecular weight excluding hydrogens is 215 g/mol. The van der Waals surface area contributed by atoms with Crippen molar-refractivity contribution in [3.05, 3.63) is 23.3 Å². The Morgan fingerprint density at radius 1 is 1.33 bits per heavy atom. The summed E-state index contributed by atoms with van der Waals surface area (Å²) in [5, 5.41) is 17.5. The molecule has 0 heterocycles. The summed E-state index contributed by atoms with van der Waals surface area (Å²) >= 11 is 0. The minimum Gasteiger partial charge on any atom is -0.505 e. The summed E-state index contributed by atoms with van der Waals surface area (Å²) < 4.78 is 36.8. The molecule has 0 aromatic heterocycles. The SMILES string of the molecule is Nc1cc(C(=O)O)cc(C(F)(F)F)c1O. The van der Waals surface area contributed by atoms with Crippen LogP contribution in [-0.4, -0.2) is 16.2 Å². The summed E-state index contributed by atoms with van der Waals surface area (Å²) in [6.45, 7) is 0. The fraction of sp³-hybridized carbons (Fsp3) is 0.125. The van der Waals surface area contributed by atoms with Gasteiger partial charge in [-0.15, -0.1) is 0 Å². The number of aromatic carboxylic acids is 1. The average molecular weight is 221 g/mol. The number of carboxylic acids is 1. The van der Waals surface area contributed by atoms with Crippen molar-refractivity contribution in [2.24, 2.45) is 0 Å². The van der Waals surface area contributed by atoms with Crippen molar-refractivity contribution in [2.45, 2.75) is 6.18 Å². The monoisotopic (exact) mass is 221 g/mol. The van der Waals surface area contributed by atoms with Crippen LogP contribution in [0, 0.1) is 0 Å². The molecular formula is C8H6F3NO3. The number of carboxylic acid groups (broad SMARTS) is 1. The number of alkyl halides is 3. The van der Waals surface area contributed by atoms with E-state index in [9.17, 15) is 18.0 Å². The summed E-state index contributed by atoms with van der Waals surface area (Å²) in [5.74, 6) is -2.71. The summed E-state index contributed by atoms with van der Waals surface area (Å²) in [7, 11) is 0. The third-order valence-electron chi connectivity index (χ3n) is 1.69. The predicted octanol–water partition coefficient (Wildman–Crippen LogP) is 1.69. The third kappa shape index (κ3) is 2.12. The van der Waals surface area contributed by atoms with Crippen LogP contribution in [0.1, 0.15) is 15.9 Å². The number of rotatable bonds is 1. The van der Waals surface area contributed by atoms with Crippen molar-refractivity contribution in [3.8, 4) is 5.75 Å². The maximum Gasteiger partial charge on any atom is 0.420 e. The van der Waals surface area contributed by atoms with E-state index in [0.29, 0.717) is 6.07 Å². The second kappa shape index (κ2) is 3.34. The molecule has 1 rings (SSSR count). The van der Waals surface area contributed by atoms with Crippen molar-refractivity contribution in [1.29, 1.82) is 0 Å². The zero-order chi connectivity index (χ0) is 11.8. The standard InChI is InChI=1S/C8H6F3NO3/c9-8(10,11)4-1-3(7(14)15)2-5(12)6(4)13/h1-2,13H,12H2,(H,14,15). The Labute approximate surface area is 81.7 Å². The van der Waals surface area contributed by atoms with Gasteiger partial charge in [-0.05, 0) is 12.1 Å². The summed E-state index contributed by atoms with van der Waals surface area (Å²) in [4.78, 5) is 10.4. The zero-order valence-corrected chi connectivity index (χ0v) is 7.17. The highest BCUT2D eigenvalue weighted by molar-refractivity contribution is 5.90. The van der Waals surface area contributed by atoms with E-state index in [2.05, 4.69) is 0 Å². The van der Waals surface area contributed by atoms with E-state index < -0.39 is 34.7 Å². The number of hydrogen-bond acceptors (Lipinski definition) is 3. The number of halogens is 3. The molecule has 82 valence electrons. The molecule has 0 spiro atoms. The smallest absolute Gasteiger partial charge is 0.420 e. The van der Waals surface area contributed by atoms with E-state index in [1.807, 2.05) is 0 Å². The van der Waals surface area contributed by atoms with E-state index in [4.69, 9.17) is 15.9 Å². The normalized spacial score (nSPS) is 11.4. The van der Waals surface area contributed by atoms with Gasteiger partial charge in [-0.1, -0.05) is 0 Å². The molecule has 4 N–H and O–H groups in total. The Kier molecular flexibility index (Phi) is 2.48. The molecule has 0 amide bonds. The van der Waals surface area contributed by atoms with Gasteiger partial charge in [0, 0.05) is 0 Å². The Morgan fingerprint density at radius 3 is 2.27 bits per heavy atom. The zero-order valence-electron chi connectivity index (χ0n) is 7.17. The minimum atomic E-state index is -4.84. The van der Waals surface area contributed by atoms with Gasteiger partial charge in [-0.2, -0.15) is 13.2 Å². The van der Waals surface area contributed by atoms with Crippen LogP contribution in [0.15, 0.2) is 12.1 Å². The van der Waals surface area contributed by atoms with Crippen molar-refractivity contribution in [2.75, 3.05) is 5.73 Å². The molecule has 4 nitrogen and oxygen atoms in total. The lowest BCUT2D eigenvalue weighted by Gasteiger charge is -2.11. The Bertz CT molecular complexity index is 414. The van der Waals surface area contributed by atoms with Crippen molar-refractivity contribution < 1.29 is 28.2 Å². The van der Waals surface area contributed by atoms with E-state index in [0.717, 1.165) is 6.07 Å². The van der Waals surface area contributed by atoms with Crippen molar-refractivity contribution in [1.82, 2.24) is 0 Å². The molecule has 15 heavy (non-hydrogen) atoms. The Morgan fingerprint density at radius 2 is 1.87 bits per heavy atom. The number of anilines is 1. The van der Waals surface area contributed by atoms with Gasteiger partial charge in [0.25, 0.3) is 0 Å². The molecule has 0 aliphatic heterocycles. The second-order valence-corrected chi connectivity index (χ2v) is 2.76. The number of phenols is 1. The first kappa shape index (κ1) is 11.2. The highest BCUT2D eigenvalue weighted by Gasteiger charge is 2.35. The van der Waals surface area contributed by atoms with E-state index >= 15 is 0 Å². The number of aromatic hydroxyl groups is 1. The molecule has 0 atom stereocenters. The lowest BCUT2D eigenvalue weighted by Crippen LogP contribution is -2.09. The molecule has 0 aliphatic carbocycles. The highest BCUT2D eigenvalue weighted by atomic mass is 19.4. The van der Waals surface area contributed by atoms with Gasteiger partial charge in [0.05, 0.1) is 11.3 Å². The van der Waals surface area contributed by atoms with Crippen LogP contribution < -0.4 is 5.73 Å². The van der Waals surface area contributed by atoms with Gasteiger partial charge in [-0.25, -0.2) is 4.79 Å². The quantitative estimate of drug-likeness (QED) is 0.497. The summed E-state index contributed by atoms with van der Waals surface area (Å²) in [5.41, 5.74) is 2.33. The number of nitrogens with two attached hydrogens (primary N) is 1. The molecule has 0 aliphatic rings. The van der Waals surface area contributed by atoms with Crippen LogP contribution in [0.5, 0.6) is 5.75 Å². The molecule has 0 radical (unpaired) electrons. The molecule has 0 fully saturated rings. The lowest BCUT2D eigenvalue weighted by atomic mass is 10.1. The van der Waals surface area contributed by atoms with Crippen molar-refractivity contribution >= 4 is 11.7 Å². The molecule has 0 saturated heterocycles. The van der Waals surface area contributed by atoms with Gasteiger partial charge in [0.15, 0.2) is 5.75 Å². The van der Waals surface area contributed by atoms with Crippen LogP contribution in [0.2, 0.25) is 0 Å². The average Bonchev–Trinajstić information content (AvgIpc) is 2.06. The maximum atomic E-state index is 12.3. The fourth-order valence-electron chi connectivity index (χ4n) is 0.996. The van der Waals surface area contributed by atoms with E-state index in [-0.39, 0.29) is 0 Å². The van der Waals surface area contributed by atoms with Crippen LogP contribution in [-0.2, 0) is 6.18 Å². The lowest BCUT2D eigenvalue weighted by molar-refractivity contribution is -0.138. The van der Waals surface area contributed by atoms with Crippen LogP contribution in [0.3, 0.4) is 0 Å². The topological polar surface area (TPSA) is 83.6 Å². The number of nitrogen functional groups attached to an aromatic ring is 1. The first-order chi connectivity index (χ1) is 6.73. The maximum absolute atomic E-state index is 12.3. The number of phenolic OH excluding ortho intramolecular Hbond substituents is 1. The Balaban J connectivity index is 3.45. The summed E-state index contributed by atoms with van der Waals surface area (Å²) in [6.07, 6.45) is -4.84. The van der Waals surface area contributed by atoms with Crippen LogP contribution in [0.4, 0.5) is 18.9 Å². The van der Waals surface area contributed by atoms with Crippen molar-refractivity contribution in [3.63, 3.8) is 0 Å². The van der Waals surface area contributed by atoms with Crippen LogP contribution >= 0.6 is 0 Å². The van der Waals surface area contributed by atoms with E-state index in [1.54, 1.807) is 0 Å². The number of hydrogen-bond donors (Lipinski definition) is 3. The molecule has 0 unspecified atom stereocenters. The van der Waals surface area contributed by atoms with Gasteiger partial charge >= 0.3 is 12.1 Å². The van der Waals surface area contributed by atoms with Gasteiger partial charge in [0.1, 0.15) is 5.56 Å². The first-order valence-electron chi connectivity index (χ1n) is 3.66. The Hall–Kier alpha value is -1.92. The predicted molar refractivity (Wildman–Crippen MR) is 44.5 cm³/mol. The molecule has 0 bridgehead atoms. The van der Waals surface area contributed by atoms with Gasteiger partial charge < -0.3 is 15.9 Å². The van der Waals surface area contributed by atoms with E-state index in [1.165, 1.54) is 0 Å². The summed E-state index contributed by atoms with van der Waals surface area (Å²) in [6, 6.07) is 1.08. The van der Waals surface area contributed by atoms with Crippen LogP contribution in [0.25, 0.3) is 0 Å².